The van der Waals surface area contributed by atoms with Gasteiger partial charge in [0, 0.05) is 15.6 Å². The fourth-order valence-corrected chi connectivity index (χ4v) is 3.41. The molecule has 0 amide bonds. The van der Waals surface area contributed by atoms with Crippen molar-refractivity contribution in [3.63, 3.8) is 0 Å². The van der Waals surface area contributed by atoms with Crippen LogP contribution in [0.1, 0.15) is 26.3 Å². The largest absolute Gasteiger partial charge is 0.422 e. The predicted molar refractivity (Wildman–Crippen MR) is 114 cm³/mol. The van der Waals surface area contributed by atoms with E-state index in [1.165, 1.54) is 36.4 Å². The molecule has 0 atom stereocenters. The van der Waals surface area contributed by atoms with E-state index < -0.39 is 11.9 Å². The Morgan fingerprint density at radius 2 is 1.10 bits per heavy atom. The summed E-state index contributed by atoms with van der Waals surface area (Å²) in [5.74, 6) is -0.903. The average molecular weight is 470 g/mol. The van der Waals surface area contributed by atoms with E-state index >= 15 is 0 Å². The summed E-state index contributed by atoms with van der Waals surface area (Å²) in [4.78, 5) is 24.9. The summed E-state index contributed by atoms with van der Waals surface area (Å²) in [5, 5.41) is 1.13. The molecule has 0 bridgehead atoms. The number of carbonyl (C=O) groups excluding carboxylic acids is 2. The second-order valence-electron chi connectivity index (χ2n) is 5.91. The Hall–Kier alpha value is -2.24. The van der Waals surface area contributed by atoms with Gasteiger partial charge in [0.05, 0.1) is 21.2 Å². The lowest BCUT2D eigenvalue weighted by Crippen LogP contribution is -2.12. The van der Waals surface area contributed by atoms with Gasteiger partial charge in [0.15, 0.2) is 0 Å². The first-order valence-electron chi connectivity index (χ1n) is 8.20. The summed E-state index contributed by atoms with van der Waals surface area (Å²) in [6.07, 6.45) is 0. The SMILES string of the molecule is Cc1c(OC(=O)c2ccc(Cl)cc2Cl)cccc1OC(=O)c1ccc(Cl)cc1Cl. The van der Waals surface area contributed by atoms with Crippen molar-refractivity contribution in [1.29, 1.82) is 0 Å². The number of halogens is 4. The van der Waals surface area contributed by atoms with E-state index in [0.29, 0.717) is 15.6 Å². The first-order chi connectivity index (χ1) is 13.8. The Bertz CT molecular complexity index is 1030. The molecule has 3 rings (SSSR count). The lowest BCUT2D eigenvalue weighted by molar-refractivity contribution is 0.0730. The van der Waals surface area contributed by atoms with Gasteiger partial charge in [0.2, 0.25) is 0 Å². The van der Waals surface area contributed by atoms with Crippen LogP contribution < -0.4 is 9.47 Å². The number of benzene rings is 3. The number of hydrogen-bond acceptors (Lipinski definition) is 4. The van der Waals surface area contributed by atoms with Gasteiger partial charge in [-0.25, -0.2) is 9.59 Å². The second kappa shape index (κ2) is 9.06. The van der Waals surface area contributed by atoms with E-state index in [1.54, 1.807) is 25.1 Å². The highest BCUT2D eigenvalue weighted by atomic mass is 35.5. The summed E-state index contributed by atoms with van der Waals surface area (Å²) < 4.78 is 10.8. The quantitative estimate of drug-likeness (QED) is 0.303. The highest BCUT2D eigenvalue weighted by Crippen LogP contribution is 2.31. The van der Waals surface area contributed by atoms with Gasteiger partial charge in [-0.3, -0.25) is 0 Å². The molecular weight excluding hydrogens is 458 g/mol. The Morgan fingerprint density at radius 1 is 0.690 bits per heavy atom. The highest BCUT2D eigenvalue weighted by Gasteiger charge is 2.18. The zero-order chi connectivity index (χ0) is 21.1. The third-order valence-corrected chi connectivity index (χ3v) is 5.04. The van der Waals surface area contributed by atoms with Gasteiger partial charge in [0.1, 0.15) is 11.5 Å². The first-order valence-corrected chi connectivity index (χ1v) is 9.71. The molecule has 29 heavy (non-hydrogen) atoms. The molecule has 0 radical (unpaired) electrons. The molecule has 8 heteroatoms. The second-order valence-corrected chi connectivity index (χ2v) is 7.59. The van der Waals surface area contributed by atoms with Gasteiger partial charge in [-0.1, -0.05) is 52.5 Å². The average Bonchev–Trinajstić information content (AvgIpc) is 2.64. The topological polar surface area (TPSA) is 52.6 Å². The number of carbonyl (C=O) groups is 2. The van der Waals surface area contributed by atoms with E-state index in [0.717, 1.165) is 0 Å². The van der Waals surface area contributed by atoms with Crippen LogP contribution in [0.3, 0.4) is 0 Å². The Labute approximate surface area is 186 Å². The van der Waals surface area contributed by atoms with Crippen LogP contribution in [0.2, 0.25) is 20.1 Å². The normalized spacial score (nSPS) is 10.5. The van der Waals surface area contributed by atoms with Gasteiger partial charge in [-0.15, -0.1) is 0 Å². The molecule has 0 fully saturated rings. The van der Waals surface area contributed by atoms with Gasteiger partial charge in [0.25, 0.3) is 0 Å². The maximum Gasteiger partial charge on any atom is 0.345 e. The highest BCUT2D eigenvalue weighted by molar-refractivity contribution is 6.37. The van der Waals surface area contributed by atoms with E-state index in [1.807, 2.05) is 0 Å². The molecule has 0 N–H and O–H groups in total. The van der Waals surface area contributed by atoms with Crippen molar-refractivity contribution < 1.29 is 19.1 Å². The fourth-order valence-electron chi connectivity index (χ4n) is 2.44. The van der Waals surface area contributed by atoms with Crippen LogP contribution in [0.5, 0.6) is 11.5 Å². The number of esters is 2. The van der Waals surface area contributed by atoms with Crippen molar-refractivity contribution >= 4 is 58.3 Å². The zero-order valence-corrected chi connectivity index (χ0v) is 17.9. The molecular formula is C21H12Cl4O4. The van der Waals surface area contributed by atoms with E-state index in [-0.39, 0.29) is 32.7 Å². The van der Waals surface area contributed by atoms with Crippen LogP contribution >= 0.6 is 46.4 Å². The molecule has 0 saturated carbocycles. The van der Waals surface area contributed by atoms with Gasteiger partial charge in [-0.2, -0.15) is 0 Å². The smallest absolute Gasteiger partial charge is 0.345 e. The lowest BCUT2D eigenvalue weighted by atomic mass is 10.2. The molecule has 3 aromatic carbocycles. The summed E-state index contributed by atoms with van der Waals surface area (Å²) in [5.41, 5.74) is 0.765. The third-order valence-electron chi connectivity index (χ3n) is 3.94. The molecule has 0 unspecified atom stereocenters. The van der Waals surface area contributed by atoms with Crippen molar-refractivity contribution in [3.05, 3.63) is 91.4 Å². The van der Waals surface area contributed by atoms with Gasteiger partial charge < -0.3 is 9.47 Å². The van der Waals surface area contributed by atoms with Crippen LogP contribution in [0.15, 0.2) is 54.6 Å². The molecule has 0 aliphatic heterocycles. The van der Waals surface area contributed by atoms with Crippen molar-refractivity contribution in [2.75, 3.05) is 0 Å². The van der Waals surface area contributed by atoms with Gasteiger partial charge in [-0.05, 0) is 55.5 Å². The standard InChI is InChI=1S/C21H12Cl4O4/c1-11-18(28-20(26)14-7-5-12(22)9-16(14)24)3-2-4-19(11)29-21(27)15-8-6-13(23)10-17(15)25/h2-10H,1H3. The monoisotopic (exact) mass is 468 g/mol. The van der Waals surface area contributed by atoms with E-state index in [9.17, 15) is 9.59 Å². The molecule has 4 nitrogen and oxygen atoms in total. The number of hydrogen-bond donors (Lipinski definition) is 0. The minimum Gasteiger partial charge on any atom is -0.422 e. The molecule has 148 valence electrons. The van der Waals surface area contributed by atoms with Crippen molar-refractivity contribution in [3.8, 4) is 11.5 Å². The van der Waals surface area contributed by atoms with E-state index in [2.05, 4.69) is 0 Å². The van der Waals surface area contributed by atoms with Gasteiger partial charge >= 0.3 is 11.9 Å². The Kier molecular flexibility index (Phi) is 6.70. The maximum atomic E-state index is 12.4. The molecule has 0 spiro atoms. The first kappa shape index (κ1) is 21.5. The minimum atomic E-state index is -0.668. The molecule has 3 aromatic rings. The molecule has 0 aromatic heterocycles. The van der Waals surface area contributed by atoms with E-state index in [4.69, 9.17) is 55.9 Å². The number of ether oxygens (including phenoxy) is 2. The molecule has 0 saturated heterocycles. The van der Waals surface area contributed by atoms with Crippen LogP contribution in [0.25, 0.3) is 0 Å². The summed E-state index contributed by atoms with van der Waals surface area (Å²) in [7, 11) is 0. The van der Waals surface area contributed by atoms with Crippen LogP contribution in [0.4, 0.5) is 0 Å². The summed E-state index contributed by atoms with van der Waals surface area (Å²) in [6, 6.07) is 13.6. The summed E-state index contributed by atoms with van der Waals surface area (Å²) in [6.45, 7) is 1.65. The zero-order valence-electron chi connectivity index (χ0n) is 14.8. The van der Waals surface area contributed by atoms with Crippen LogP contribution in [-0.2, 0) is 0 Å². The third kappa shape index (κ3) is 5.03. The Balaban J connectivity index is 1.82. The number of rotatable bonds is 4. The van der Waals surface area contributed by atoms with Crippen molar-refractivity contribution in [2.24, 2.45) is 0 Å². The Morgan fingerprint density at radius 3 is 1.48 bits per heavy atom. The molecule has 0 aliphatic carbocycles. The lowest BCUT2D eigenvalue weighted by Gasteiger charge is -2.13. The van der Waals surface area contributed by atoms with Crippen molar-refractivity contribution in [2.45, 2.75) is 6.92 Å². The molecule has 0 heterocycles. The van der Waals surface area contributed by atoms with Crippen LogP contribution in [0, 0.1) is 6.92 Å². The van der Waals surface area contributed by atoms with Crippen LogP contribution in [-0.4, -0.2) is 11.9 Å². The predicted octanol–water partition coefficient (Wildman–Crippen LogP) is 7.05. The van der Waals surface area contributed by atoms with Crippen molar-refractivity contribution in [1.82, 2.24) is 0 Å². The maximum absolute atomic E-state index is 12.4. The fraction of sp³-hybridized carbons (Fsp3) is 0.0476. The summed E-state index contributed by atoms with van der Waals surface area (Å²) >= 11 is 23.8. The molecule has 0 aliphatic rings. The minimum absolute atomic E-state index is 0.158.